The minimum Gasteiger partial charge on any atom is -0.462 e. The molecule has 6 nitrogen and oxygen atoms in total. The molecule has 0 aliphatic heterocycles. The quantitative estimate of drug-likeness (QED) is 0.0262. The van der Waals surface area contributed by atoms with Crippen molar-refractivity contribution in [3.05, 3.63) is 97.2 Å². The molecule has 358 valence electrons. The van der Waals surface area contributed by atoms with Gasteiger partial charge in [0.25, 0.3) is 0 Å². The van der Waals surface area contributed by atoms with Crippen LogP contribution in [0.5, 0.6) is 0 Å². The Morgan fingerprint density at radius 1 is 0.333 bits per heavy atom. The molecule has 0 aromatic heterocycles. The van der Waals surface area contributed by atoms with Crippen molar-refractivity contribution in [3.8, 4) is 0 Å². The number of carbonyl (C=O) groups excluding carboxylic acids is 3. The molecule has 1 atom stereocenters. The number of ether oxygens (including phenoxy) is 3. The van der Waals surface area contributed by atoms with E-state index in [1.54, 1.807) is 0 Å². The molecule has 0 fully saturated rings. The highest BCUT2D eigenvalue weighted by molar-refractivity contribution is 5.71. The second-order valence-corrected chi connectivity index (χ2v) is 16.7. The molecule has 0 heterocycles. The largest absolute Gasteiger partial charge is 0.462 e. The number of unbranched alkanes of at least 4 members (excludes halogenated alkanes) is 18. The number of hydrogen-bond acceptors (Lipinski definition) is 6. The van der Waals surface area contributed by atoms with E-state index in [0.717, 1.165) is 135 Å². The number of allylic oxidation sites excluding steroid dienone is 16. The lowest BCUT2D eigenvalue weighted by Gasteiger charge is -2.18. The highest BCUT2D eigenvalue weighted by Gasteiger charge is 2.19. The Morgan fingerprint density at radius 2 is 0.619 bits per heavy atom. The molecule has 0 N–H and O–H groups in total. The van der Waals surface area contributed by atoms with Gasteiger partial charge in [0.15, 0.2) is 6.10 Å². The molecule has 0 aromatic rings. The first kappa shape index (κ1) is 59.3. The summed E-state index contributed by atoms with van der Waals surface area (Å²) < 4.78 is 16.7. The molecule has 6 heteroatoms. The number of carbonyl (C=O) groups is 3. The Kier molecular flexibility index (Phi) is 48.0. The van der Waals surface area contributed by atoms with Gasteiger partial charge >= 0.3 is 17.9 Å². The molecule has 0 spiro atoms. The van der Waals surface area contributed by atoms with Crippen molar-refractivity contribution in [2.75, 3.05) is 13.2 Å². The van der Waals surface area contributed by atoms with Crippen LogP contribution < -0.4 is 0 Å². The summed E-state index contributed by atoms with van der Waals surface area (Å²) in [7, 11) is 0. The third kappa shape index (κ3) is 49.2. The van der Waals surface area contributed by atoms with Crippen molar-refractivity contribution in [2.45, 2.75) is 232 Å². The molecule has 0 aliphatic rings. The average Bonchev–Trinajstić information content (AvgIpc) is 3.28. The summed E-state index contributed by atoms with van der Waals surface area (Å²) in [4.78, 5) is 38.0. The van der Waals surface area contributed by atoms with Crippen LogP contribution in [0.1, 0.15) is 226 Å². The van der Waals surface area contributed by atoms with Gasteiger partial charge in [0.05, 0.1) is 0 Å². The molecule has 1 unspecified atom stereocenters. The van der Waals surface area contributed by atoms with Crippen LogP contribution in [-0.4, -0.2) is 37.2 Å². The number of rotatable bonds is 45. The Morgan fingerprint density at radius 3 is 1.00 bits per heavy atom. The van der Waals surface area contributed by atoms with Crippen LogP contribution in [0.2, 0.25) is 0 Å². The van der Waals surface area contributed by atoms with E-state index in [1.807, 2.05) is 0 Å². The molecule has 0 saturated heterocycles. The smallest absolute Gasteiger partial charge is 0.306 e. The second kappa shape index (κ2) is 51.0. The Bertz CT molecular complexity index is 1280. The predicted octanol–water partition coefficient (Wildman–Crippen LogP) is 17.0. The molecule has 0 aliphatic carbocycles. The first-order valence-electron chi connectivity index (χ1n) is 25.7. The van der Waals surface area contributed by atoms with Crippen LogP contribution in [0, 0.1) is 0 Å². The topological polar surface area (TPSA) is 78.9 Å². The third-order valence-corrected chi connectivity index (χ3v) is 10.6. The third-order valence-electron chi connectivity index (χ3n) is 10.6. The highest BCUT2D eigenvalue weighted by atomic mass is 16.6. The van der Waals surface area contributed by atoms with Gasteiger partial charge in [-0.2, -0.15) is 0 Å². The van der Waals surface area contributed by atoms with Gasteiger partial charge in [0.1, 0.15) is 13.2 Å². The van der Waals surface area contributed by atoms with Crippen LogP contribution >= 0.6 is 0 Å². The minimum atomic E-state index is -0.804. The summed E-state index contributed by atoms with van der Waals surface area (Å²) in [5.41, 5.74) is 0. The highest BCUT2D eigenvalue weighted by Crippen LogP contribution is 2.13. The summed E-state index contributed by atoms with van der Waals surface area (Å²) in [6, 6.07) is 0. The molecule has 63 heavy (non-hydrogen) atoms. The maximum absolute atomic E-state index is 12.8. The number of esters is 3. The lowest BCUT2D eigenvalue weighted by Crippen LogP contribution is -2.30. The van der Waals surface area contributed by atoms with E-state index in [2.05, 4.69) is 118 Å². The van der Waals surface area contributed by atoms with E-state index in [0.29, 0.717) is 19.3 Å². The van der Waals surface area contributed by atoms with Crippen molar-refractivity contribution in [1.29, 1.82) is 0 Å². The normalized spacial score (nSPS) is 12.9. The zero-order valence-corrected chi connectivity index (χ0v) is 40.8. The fraction of sp³-hybridized carbons (Fsp3) is 0.667. The van der Waals surface area contributed by atoms with Gasteiger partial charge in [-0.1, -0.05) is 189 Å². The molecular formula is C57H94O6. The minimum absolute atomic E-state index is 0.102. The van der Waals surface area contributed by atoms with Crippen molar-refractivity contribution in [2.24, 2.45) is 0 Å². The maximum Gasteiger partial charge on any atom is 0.306 e. The molecular weight excluding hydrogens is 781 g/mol. The van der Waals surface area contributed by atoms with Crippen LogP contribution in [0.3, 0.4) is 0 Å². The summed E-state index contributed by atoms with van der Waals surface area (Å²) in [5, 5.41) is 0. The maximum atomic E-state index is 12.8. The van der Waals surface area contributed by atoms with E-state index in [4.69, 9.17) is 14.2 Å². The van der Waals surface area contributed by atoms with Crippen LogP contribution in [0.4, 0.5) is 0 Å². The molecule has 0 radical (unpaired) electrons. The van der Waals surface area contributed by atoms with Crippen LogP contribution in [0.25, 0.3) is 0 Å². The van der Waals surface area contributed by atoms with Gasteiger partial charge < -0.3 is 14.2 Å². The van der Waals surface area contributed by atoms with E-state index >= 15 is 0 Å². The Balaban J connectivity index is 4.49. The predicted molar refractivity (Wildman–Crippen MR) is 270 cm³/mol. The number of hydrogen-bond donors (Lipinski definition) is 0. The fourth-order valence-electron chi connectivity index (χ4n) is 6.73. The van der Waals surface area contributed by atoms with Gasteiger partial charge in [0.2, 0.25) is 0 Å². The van der Waals surface area contributed by atoms with E-state index in [-0.39, 0.29) is 31.1 Å². The molecule has 0 saturated carbocycles. The van der Waals surface area contributed by atoms with Gasteiger partial charge in [0, 0.05) is 19.3 Å². The fourth-order valence-corrected chi connectivity index (χ4v) is 6.73. The van der Waals surface area contributed by atoms with Crippen molar-refractivity contribution in [1.82, 2.24) is 0 Å². The molecule has 0 bridgehead atoms. The summed E-state index contributed by atoms with van der Waals surface area (Å²) >= 11 is 0. The van der Waals surface area contributed by atoms with Gasteiger partial charge in [-0.3, -0.25) is 14.4 Å². The van der Waals surface area contributed by atoms with Gasteiger partial charge in [-0.25, -0.2) is 0 Å². The van der Waals surface area contributed by atoms with E-state index in [1.165, 1.54) is 51.4 Å². The zero-order valence-electron chi connectivity index (χ0n) is 40.8. The summed E-state index contributed by atoms with van der Waals surface area (Å²) in [6.45, 7) is 6.34. The van der Waals surface area contributed by atoms with Crippen molar-refractivity contribution >= 4 is 17.9 Å². The van der Waals surface area contributed by atoms with Gasteiger partial charge in [-0.15, -0.1) is 0 Å². The second-order valence-electron chi connectivity index (χ2n) is 16.7. The van der Waals surface area contributed by atoms with Crippen LogP contribution in [-0.2, 0) is 28.6 Å². The Labute approximate surface area is 387 Å². The first-order chi connectivity index (χ1) is 31.0. The van der Waals surface area contributed by atoms with Crippen molar-refractivity contribution in [3.63, 3.8) is 0 Å². The van der Waals surface area contributed by atoms with Crippen molar-refractivity contribution < 1.29 is 28.6 Å². The lowest BCUT2D eigenvalue weighted by molar-refractivity contribution is -0.167. The monoisotopic (exact) mass is 875 g/mol. The molecule has 0 rings (SSSR count). The first-order valence-corrected chi connectivity index (χ1v) is 25.7. The average molecular weight is 875 g/mol. The summed E-state index contributed by atoms with van der Waals surface area (Å²) in [5.74, 6) is -0.965. The SMILES string of the molecule is CC/C=C\C/C=C\C/C=C\C/C=C\CCCCCC(=O)OCC(COC(=O)CCCCC/C=C\CCCCCCCC)OC(=O)CCCCCCCC/C=C\C/C=C\C/C=C\CC. The molecule has 0 aromatic carbocycles. The summed E-state index contributed by atoms with van der Waals surface area (Å²) in [6.07, 6.45) is 66.7. The van der Waals surface area contributed by atoms with E-state index < -0.39 is 6.10 Å². The molecule has 0 amide bonds. The zero-order chi connectivity index (χ0) is 45.8. The van der Waals surface area contributed by atoms with Gasteiger partial charge in [-0.05, 0) is 116 Å². The van der Waals surface area contributed by atoms with Crippen LogP contribution in [0.15, 0.2) is 97.2 Å². The lowest BCUT2D eigenvalue weighted by atomic mass is 10.1. The Hall–Kier alpha value is -3.67. The standard InChI is InChI=1S/C57H94O6/c1-4-7-10-13-16-19-22-25-27-29-32-35-38-41-44-47-50-56(59)62-53-54(52-61-55(58)49-46-43-40-37-34-31-24-21-18-15-12-9-6-3)63-57(60)51-48-45-42-39-36-33-30-28-26-23-20-17-14-11-8-5-2/h7-8,10-11,16-17,19-20,25-28,31-32,34-35,54H,4-6,9,12-15,18,21-24,29-30,33,36-53H2,1-3H3/b10-7-,11-8-,19-16-,20-17-,27-25-,28-26-,34-31-,35-32-. The van der Waals surface area contributed by atoms with E-state index in [9.17, 15) is 14.4 Å².